The number of carbonyl (C=O) groups excluding carboxylic acids is 1. The molecule has 0 aromatic heterocycles. The summed E-state index contributed by atoms with van der Waals surface area (Å²) in [6, 6.07) is 8.80. The lowest BCUT2D eigenvalue weighted by Gasteiger charge is -1.98. The van der Waals surface area contributed by atoms with Crippen LogP contribution in [0.2, 0.25) is 0 Å². The van der Waals surface area contributed by atoms with Gasteiger partial charge in [0, 0.05) is 0 Å². The van der Waals surface area contributed by atoms with Crippen LogP contribution in [-0.4, -0.2) is 11.7 Å². The van der Waals surface area contributed by atoms with E-state index in [1.54, 1.807) is 24.3 Å². The molecular weight excluding hydrogens is 178 g/mol. The van der Waals surface area contributed by atoms with Gasteiger partial charge in [-0.25, -0.2) is 4.79 Å². The summed E-state index contributed by atoms with van der Waals surface area (Å²) in [6.07, 6.45) is 0.780. The standard InChI is InChI=1S/C11H13NO2/c1-3-9(2)12-14-11(13)10-7-5-4-6-8-10/h4-8H,3H2,1-2H3/b12-9-. The minimum atomic E-state index is -0.418. The van der Waals surface area contributed by atoms with E-state index in [9.17, 15) is 4.79 Å². The lowest BCUT2D eigenvalue weighted by Crippen LogP contribution is -2.02. The summed E-state index contributed by atoms with van der Waals surface area (Å²) >= 11 is 0. The molecule has 0 atom stereocenters. The highest BCUT2D eigenvalue weighted by atomic mass is 16.7. The Kier molecular flexibility index (Phi) is 3.85. The van der Waals surface area contributed by atoms with Crippen molar-refractivity contribution in [3.63, 3.8) is 0 Å². The first-order valence-electron chi connectivity index (χ1n) is 4.54. The van der Waals surface area contributed by atoms with E-state index < -0.39 is 5.97 Å². The maximum atomic E-state index is 11.3. The summed E-state index contributed by atoms with van der Waals surface area (Å²) in [5.74, 6) is -0.418. The molecule has 0 fully saturated rings. The van der Waals surface area contributed by atoms with Crippen LogP contribution < -0.4 is 0 Å². The van der Waals surface area contributed by atoms with Crippen LogP contribution in [-0.2, 0) is 4.84 Å². The summed E-state index contributed by atoms with van der Waals surface area (Å²) in [7, 11) is 0. The quantitative estimate of drug-likeness (QED) is 0.418. The molecule has 0 unspecified atom stereocenters. The largest absolute Gasteiger partial charge is 0.365 e. The van der Waals surface area contributed by atoms with Gasteiger partial charge in [-0.2, -0.15) is 0 Å². The Balaban J connectivity index is 2.60. The third-order valence-corrected chi connectivity index (χ3v) is 1.81. The fourth-order valence-corrected chi connectivity index (χ4v) is 0.811. The molecule has 0 amide bonds. The van der Waals surface area contributed by atoms with Crippen molar-refractivity contribution in [2.45, 2.75) is 20.3 Å². The Hall–Kier alpha value is -1.64. The summed E-state index contributed by atoms with van der Waals surface area (Å²) < 4.78 is 0. The molecular formula is C11H13NO2. The molecule has 14 heavy (non-hydrogen) atoms. The zero-order valence-electron chi connectivity index (χ0n) is 8.36. The van der Waals surface area contributed by atoms with Crippen LogP contribution in [0, 0.1) is 0 Å². The molecule has 0 N–H and O–H groups in total. The third-order valence-electron chi connectivity index (χ3n) is 1.81. The van der Waals surface area contributed by atoms with E-state index in [0.717, 1.165) is 12.1 Å². The molecule has 0 saturated heterocycles. The molecule has 1 aromatic carbocycles. The Labute approximate surface area is 83.4 Å². The first kappa shape index (κ1) is 10.4. The molecule has 3 heteroatoms. The summed E-state index contributed by atoms with van der Waals surface area (Å²) in [6.45, 7) is 3.77. The number of carbonyl (C=O) groups is 1. The predicted octanol–water partition coefficient (Wildman–Crippen LogP) is 2.63. The van der Waals surface area contributed by atoms with Crippen molar-refractivity contribution < 1.29 is 9.63 Å². The van der Waals surface area contributed by atoms with Gasteiger partial charge >= 0.3 is 5.97 Å². The molecule has 0 aliphatic rings. The lowest BCUT2D eigenvalue weighted by molar-refractivity contribution is 0.0515. The van der Waals surface area contributed by atoms with E-state index in [1.165, 1.54) is 0 Å². The van der Waals surface area contributed by atoms with Gasteiger partial charge in [0.2, 0.25) is 0 Å². The molecule has 3 nitrogen and oxygen atoms in total. The topological polar surface area (TPSA) is 38.7 Å². The van der Waals surface area contributed by atoms with E-state index >= 15 is 0 Å². The molecule has 0 radical (unpaired) electrons. The fraction of sp³-hybridized carbons (Fsp3) is 0.273. The van der Waals surface area contributed by atoms with E-state index in [2.05, 4.69) is 5.16 Å². The predicted molar refractivity (Wildman–Crippen MR) is 55.3 cm³/mol. The van der Waals surface area contributed by atoms with Crippen LogP contribution >= 0.6 is 0 Å². The van der Waals surface area contributed by atoms with Crippen LogP contribution in [0.5, 0.6) is 0 Å². The first-order chi connectivity index (χ1) is 6.74. The van der Waals surface area contributed by atoms with Gasteiger partial charge in [-0.05, 0) is 25.5 Å². The van der Waals surface area contributed by atoms with Gasteiger partial charge < -0.3 is 4.84 Å². The van der Waals surface area contributed by atoms with Gasteiger partial charge in [-0.1, -0.05) is 30.3 Å². The van der Waals surface area contributed by atoms with Crippen molar-refractivity contribution in [3.05, 3.63) is 35.9 Å². The molecule has 74 valence electrons. The molecule has 0 saturated carbocycles. The zero-order valence-corrected chi connectivity index (χ0v) is 8.36. The van der Waals surface area contributed by atoms with Crippen LogP contribution in [0.15, 0.2) is 35.5 Å². The van der Waals surface area contributed by atoms with Crippen molar-refractivity contribution in [3.8, 4) is 0 Å². The summed E-state index contributed by atoms with van der Waals surface area (Å²) in [5, 5.41) is 3.69. The summed E-state index contributed by atoms with van der Waals surface area (Å²) in [4.78, 5) is 16.1. The van der Waals surface area contributed by atoms with Crippen molar-refractivity contribution >= 4 is 11.7 Å². The molecule has 0 bridgehead atoms. The molecule has 0 aliphatic carbocycles. The van der Waals surface area contributed by atoms with Gasteiger partial charge in [0.25, 0.3) is 0 Å². The molecule has 1 aromatic rings. The fourth-order valence-electron chi connectivity index (χ4n) is 0.811. The third kappa shape index (κ3) is 3.01. The second kappa shape index (κ2) is 5.17. The Morgan fingerprint density at radius 2 is 2.00 bits per heavy atom. The number of rotatable bonds is 3. The summed E-state index contributed by atoms with van der Waals surface area (Å²) in [5.41, 5.74) is 1.31. The van der Waals surface area contributed by atoms with Crippen molar-refractivity contribution in [1.29, 1.82) is 0 Å². The Morgan fingerprint density at radius 3 is 2.57 bits per heavy atom. The lowest BCUT2D eigenvalue weighted by atomic mass is 10.2. The van der Waals surface area contributed by atoms with Crippen LogP contribution in [0.25, 0.3) is 0 Å². The average Bonchev–Trinajstić information content (AvgIpc) is 2.26. The number of oxime groups is 1. The SMILES string of the molecule is CC/C(C)=N\OC(=O)c1ccccc1. The number of benzene rings is 1. The van der Waals surface area contributed by atoms with Gasteiger partial charge in [0.05, 0.1) is 11.3 Å². The maximum absolute atomic E-state index is 11.3. The van der Waals surface area contributed by atoms with E-state index in [0.29, 0.717) is 5.56 Å². The van der Waals surface area contributed by atoms with Gasteiger partial charge in [0.15, 0.2) is 0 Å². The minimum absolute atomic E-state index is 0.418. The van der Waals surface area contributed by atoms with Crippen molar-refractivity contribution in [1.82, 2.24) is 0 Å². The van der Waals surface area contributed by atoms with Gasteiger partial charge in [0.1, 0.15) is 0 Å². The first-order valence-corrected chi connectivity index (χ1v) is 4.54. The number of hydrogen-bond donors (Lipinski definition) is 0. The second-order valence-electron chi connectivity index (χ2n) is 2.92. The van der Waals surface area contributed by atoms with Crippen molar-refractivity contribution in [2.75, 3.05) is 0 Å². The Bertz CT molecular complexity index is 330. The van der Waals surface area contributed by atoms with Crippen LogP contribution in [0.1, 0.15) is 30.6 Å². The Morgan fingerprint density at radius 1 is 1.36 bits per heavy atom. The monoisotopic (exact) mass is 191 g/mol. The van der Waals surface area contributed by atoms with E-state index in [4.69, 9.17) is 4.84 Å². The maximum Gasteiger partial charge on any atom is 0.365 e. The normalized spacial score (nSPS) is 11.1. The van der Waals surface area contributed by atoms with Gasteiger partial charge in [-0.15, -0.1) is 0 Å². The van der Waals surface area contributed by atoms with Crippen LogP contribution in [0.4, 0.5) is 0 Å². The van der Waals surface area contributed by atoms with Gasteiger partial charge in [-0.3, -0.25) is 0 Å². The average molecular weight is 191 g/mol. The molecule has 0 heterocycles. The zero-order chi connectivity index (χ0) is 10.4. The smallest absolute Gasteiger partial charge is 0.313 e. The number of hydrogen-bond acceptors (Lipinski definition) is 3. The molecule has 0 aliphatic heterocycles. The van der Waals surface area contributed by atoms with Crippen molar-refractivity contribution in [2.24, 2.45) is 5.16 Å². The molecule has 0 spiro atoms. The highest BCUT2D eigenvalue weighted by Crippen LogP contribution is 2.01. The molecule has 1 rings (SSSR count). The van der Waals surface area contributed by atoms with E-state index in [1.807, 2.05) is 19.9 Å². The van der Waals surface area contributed by atoms with E-state index in [-0.39, 0.29) is 0 Å². The number of nitrogens with zero attached hydrogens (tertiary/aromatic N) is 1. The highest BCUT2D eigenvalue weighted by Gasteiger charge is 2.04. The minimum Gasteiger partial charge on any atom is -0.313 e. The highest BCUT2D eigenvalue weighted by molar-refractivity contribution is 5.90. The second-order valence-corrected chi connectivity index (χ2v) is 2.92. The van der Waals surface area contributed by atoms with Crippen LogP contribution in [0.3, 0.4) is 0 Å².